The zero-order valence-electron chi connectivity index (χ0n) is 12.2. The number of fused-ring (bicyclic) bond motifs is 1. The molecule has 114 valence electrons. The molecule has 2 N–H and O–H groups in total. The normalized spacial score (nSPS) is 12.3. The van der Waals surface area contributed by atoms with Crippen molar-refractivity contribution >= 4 is 16.9 Å². The number of aromatic nitrogens is 4. The summed E-state index contributed by atoms with van der Waals surface area (Å²) in [5.41, 5.74) is 1.99. The van der Waals surface area contributed by atoms with Gasteiger partial charge in [-0.15, -0.1) is 0 Å². The monoisotopic (exact) mass is 301 g/mol. The maximum absolute atomic E-state index is 12.3. The van der Waals surface area contributed by atoms with E-state index in [4.69, 9.17) is 4.74 Å². The number of amides is 1. The highest BCUT2D eigenvalue weighted by molar-refractivity contribution is 5.97. The van der Waals surface area contributed by atoms with E-state index in [1.165, 1.54) is 6.39 Å². The Labute approximate surface area is 125 Å². The Bertz CT molecular complexity index is 781. The van der Waals surface area contributed by atoms with Gasteiger partial charge in [0.2, 0.25) is 6.39 Å². The number of hydrogen-bond donors (Lipinski definition) is 2. The van der Waals surface area contributed by atoms with Crippen LogP contribution in [-0.4, -0.2) is 32.6 Å². The smallest absolute Gasteiger partial charge is 0.294 e. The Kier molecular flexibility index (Phi) is 3.73. The Morgan fingerprint density at radius 3 is 3.09 bits per heavy atom. The van der Waals surface area contributed by atoms with Crippen molar-refractivity contribution in [1.82, 2.24) is 25.4 Å². The van der Waals surface area contributed by atoms with Gasteiger partial charge in [0.15, 0.2) is 5.82 Å². The Balaban J connectivity index is 1.78. The van der Waals surface area contributed by atoms with E-state index in [0.29, 0.717) is 24.0 Å². The summed E-state index contributed by atoms with van der Waals surface area (Å²) in [4.78, 5) is 23.5. The summed E-state index contributed by atoms with van der Waals surface area (Å²) in [6.07, 6.45) is 1.23. The summed E-state index contributed by atoms with van der Waals surface area (Å²) < 4.78 is 9.98. The van der Waals surface area contributed by atoms with Gasteiger partial charge in [-0.1, -0.05) is 5.16 Å². The molecule has 3 aromatic rings. The highest BCUT2D eigenvalue weighted by Gasteiger charge is 2.15. The molecular weight excluding hydrogens is 286 g/mol. The van der Waals surface area contributed by atoms with Crippen LogP contribution in [0.1, 0.15) is 36.1 Å². The second-order valence-electron chi connectivity index (χ2n) is 4.69. The lowest BCUT2D eigenvalue weighted by atomic mass is 10.1. The van der Waals surface area contributed by atoms with Gasteiger partial charge in [0.25, 0.3) is 11.9 Å². The lowest BCUT2D eigenvalue weighted by Crippen LogP contribution is -2.27. The summed E-state index contributed by atoms with van der Waals surface area (Å²) in [5.74, 6) is 0.196. The Morgan fingerprint density at radius 1 is 1.50 bits per heavy atom. The summed E-state index contributed by atoms with van der Waals surface area (Å²) in [7, 11) is 0. The second kappa shape index (κ2) is 5.84. The molecule has 0 saturated heterocycles. The lowest BCUT2D eigenvalue weighted by molar-refractivity contribution is 0.0938. The first-order valence-electron chi connectivity index (χ1n) is 6.87. The highest BCUT2D eigenvalue weighted by atomic mass is 16.5. The van der Waals surface area contributed by atoms with Gasteiger partial charge in [-0.25, -0.2) is 0 Å². The molecule has 1 atom stereocenters. The van der Waals surface area contributed by atoms with Crippen molar-refractivity contribution in [3.8, 4) is 6.01 Å². The largest absolute Gasteiger partial charge is 0.465 e. The maximum atomic E-state index is 12.3. The van der Waals surface area contributed by atoms with Crippen molar-refractivity contribution in [2.45, 2.75) is 19.9 Å². The minimum absolute atomic E-state index is 0.230. The van der Waals surface area contributed by atoms with Crippen molar-refractivity contribution in [2.75, 3.05) is 6.61 Å². The second-order valence-corrected chi connectivity index (χ2v) is 4.69. The Hall–Kier alpha value is -2.90. The molecule has 0 saturated carbocycles. The van der Waals surface area contributed by atoms with Gasteiger partial charge < -0.3 is 19.6 Å². The van der Waals surface area contributed by atoms with Crippen LogP contribution in [0.3, 0.4) is 0 Å². The van der Waals surface area contributed by atoms with E-state index in [-0.39, 0.29) is 11.9 Å². The molecule has 1 amide bonds. The van der Waals surface area contributed by atoms with Crippen LogP contribution in [0.2, 0.25) is 0 Å². The summed E-state index contributed by atoms with van der Waals surface area (Å²) in [6.45, 7) is 4.19. The molecule has 0 bridgehead atoms. The fraction of sp³-hybridized carbons (Fsp3) is 0.286. The summed E-state index contributed by atoms with van der Waals surface area (Å²) in [6, 6.07) is 5.29. The van der Waals surface area contributed by atoms with Crippen molar-refractivity contribution in [3.63, 3.8) is 0 Å². The predicted molar refractivity (Wildman–Crippen MR) is 77.4 cm³/mol. The maximum Gasteiger partial charge on any atom is 0.294 e. The number of rotatable bonds is 5. The minimum Gasteiger partial charge on any atom is -0.465 e. The van der Waals surface area contributed by atoms with Gasteiger partial charge in [-0.3, -0.25) is 4.79 Å². The molecule has 0 aliphatic carbocycles. The van der Waals surface area contributed by atoms with E-state index in [1.807, 2.05) is 6.92 Å². The van der Waals surface area contributed by atoms with Crippen LogP contribution in [-0.2, 0) is 0 Å². The average Bonchev–Trinajstić information content (AvgIpc) is 3.15. The van der Waals surface area contributed by atoms with Crippen molar-refractivity contribution < 1.29 is 14.1 Å². The zero-order chi connectivity index (χ0) is 15.5. The van der Waals surface area contributed by atoms with E-state index >= 15 is 0 Å². The number of ether oxygens (including phenoxy) is 1. The third-order valence-corrected chi connectivity index (χ3v) is 3.12. The molecule has 0 aliphatic heterocycles. The molecule has 0 aliphatic rings. The van der Waals surface area contributed by atoms with E-state index in [9.17, 15) is 4.79 Å². The van der Waals surface area contributed by atoms with Crippen molar-refractivity contribution in [3.05, 3.63) is 36.0 Å². The number of benzene rings is 1. The molecule has 3 rings (SSSR count). The number of imidazole rings is 1. The lowest BCUT2D eigenvalue weighted by Gasteiger charge is -2.09. The van der Waals surface area contributed by atoms with Crippen molar-refractivity contribution in [1.29, 1.82) is 0 Å². The Morgan fingerprint density at radius 2 is 2.36 bits per heavy atom. The van der Waals surface area contributed by atoms with E-state index in [1.54, 1.807) is 25.1 Å². The average molecular weight is 301 g/mol. The van der Waals surface area contributed by atoms with Crippen LogP contribution >= 0.6 is 0 Å². The third kappa shape index (κ3) is 2.76. The first kappa shape index (κ1) is 14.1. The standard InChI is InChI=1S/C14H15N5O3/c1-3-21-14-17-10-5-4-9(6-11(10)18-14)13(20)16-8(2)12-15-7-22-19-12/h4-8H,3H2,1-2H3,(H,16,20)(H,17,18)/t8-/m1/s1. The molecule has 2 heterocycles. The molecule has 8 heteroatoms. The fourth-order valence-corrected chi connectivity index (χ4v) is 2.05. The van der Waals surface area contributed by atoms with Crippen LogP contribution in [0, 0.1) is 0 Å². The predicted octanol–water partition coefficient (Wildman–Crippen LogP) is 1.84. The molecule has 0 radical (unpaired) electrons. The quantitative estimate of drug-likeness (QED) is 0.744. The van der Waals surface area contributed by atoms with Gasteiger partial charge in [0.05, 0.1) is 23.7 Å². The SMILES string of the molecule is CCOc1nc2ccc(C(=O)N[C@H](C)c3ncon3)cc2[nH]1. The number of nitrogens with one attached hydrogen (secondary N) is 2. The van der Waals surface area contributed by atoms with Crippen LogP contribution in [0.4, 0.5) is 0 Å². The number of carbonyl (C=O) groups is 1. The number of aromatic amines is 1. The number of carbonyl (C=O) groups excluding carboxylic acids is 1. The van der Waals surface area contributed by atoms with Gasteiger partial charge in [0, 0.05) is 5.56 Å². The van der Waals surface area contributed by atoms with E-state index in [2.05, 4.69) is 29.9 Å². The fourth-order valence-electron chi connectivity index (χ4n) is 2.05. The van der Waals surface area contributed by atoms with Gasteiger partial charge >= 0.3 is 0 Å². The van der Waals surface area contributed by atoms with Crippen molar-refractivity contribution in [2.24, 2.45) is 0 Å². The van der Waals surface area contributed by atoms with Gasteiger partial charge in [-0.2, -0.15) is 9.97 Å². The van der Waals surface area contributed by atoms with E-state index in [0.717, 1.165) is 11.0 Å². The highest BCUT2D eigenvalue weighted by Crippen LogP contribution is 2.18. The first-order chi connectivity index (χ1) is 10.7. The first-order valence-corrected chi connectivity index (χ1v) is 6.87. The molecule has 0 unspecified atom stereocenters. The molecule has 22 heavy (non-hydrogen) atoms. The molecule has 0 spiro atoms. The van der Waals surface area contributed by atoms with E-state index < -0.39 is 0 Å². The van der Waals surface area contributed by atoms with Crippen LogP contribution in [0.5, 0.6) is 6.01 Å². The summed E-state index contributed by atoms with van der Waals surface area (Å²) in [5, 5.41) is 6.51. The molecule has 2 aromatic heterocycles. The van der Waals surface area contributed by atoms with Gasteiger partial charge in [-0.05, 0) is 32.0 Å². The third-order valence-electron chi connectivity index (χ3n) is 3.12. The number of nitrogens with zero attached hydrogens (tertiary/aromatic N) is 3. The molecule has 1 aromatic carbocycles. The number of H-pyrrole nitrogens is 1. The molecule has 8 nitrogen and oxygen atoms in total. The molecule has 0 fully saturated rings. The molecular formula is C14H15N5O3. The zero-order valence-corrected chi connectivity index (χ0v) is 12.2. The topological polar surface area (TPSA) is 106 Å². The van der Waals surface area contributed by atoms with Crippen LogP contribution in [0.15, 0.2) is 29.1 Å². The van der Waals surface area contributed by atoms with Crippen LogP contribution in [0.25, 0.3) is 11.0 Å². The number of hydrogen-bond acceptors (Lipinski definition) is 6. The van der Waals surface area contributed by atoms with Crippen LogP contribution < -0.4 is 10.1 Å². The summed E-state index contributed by atoms with van der Waals surface area (Å²) >= 11 is 0. The minimum atomic E-state index is -0.345. The van der Waals surface area contributed by atoms with Gasteiger partial charge in [0.1, 0.15) is 0 Å².